The minimum Gasteiger partial charge on any atom is -0.477 e. The van der Waals surface area contributed by atoms with Gasteiger partial charge in [0.05, 0.1) is 6.61 Å². The minimum atomic E-state index is -4.45. The lowest BCUT2D eigenvalue weighted by atomic mass is 9.97. The Labute approximate surface area is 144 Å². The van der Waals surface area contributed by atoms with Gasteiger partial charge in [0.2, 0.25) is 5.88 Å². The lowest BCUT2D eigenvalue weighted by molar-refractivity contribution is -0.141. The molecule has 1 aliphatic heterocycles. The number of rotatable bonds is 5. The summed E-state index contributed by atoms with van der Waals surface area (Å²) in [6, 6.07) is 7.75. The molecule has 0 aromatic carbocycles. The molecule has 2 aromatic rings. The summed E-state index contributed by atoms with van der Waals surface area (Å²) in [7, 11) is 0. The molecule has 4 nitrogen and oxygen atoms in total. The fraction of sp³-hybridized carbons (Fsp3) is 0.444. The van der Waals surface area contributed by atoms with E-state index >= 15 is 0 Å². The number of hydrogen-bond acceptors (Lipinski definition) is 4. The summed E-state index contributed by atoms with van der Waals surface area (Å²) in [4.78, 5) is 9.92. The molecule has 2 aromatic heterocycles. The fourth-order valence-electron chi connectivity index (χ4n) is 2.91. The van der Waals surface area contributed by atoms with E-state index in [-0.39, 0.29) is 5.88 Å². The summed E-state index contributed by atoms with van der Waals surface area (Å²) < 4.78 is 43.5. The third-order valence-corrected chi connectivity index (χ3v) is 4.34. The zero-order valence-corrected chi connectivity index (χ0v) is 13.7. The molecule has 1 fully saturated rings. The normalized spacial score (nSPS) is 16.8. The van der Waals surface area contributed by atoms with Crippen molar-refractivity contribution in [1.29, 1.82) is 0 Å². The van der Waals surface area contributed by atoms with Crippen LogP contribution in [-0.4, -0.2) is 34.6 Å². The van der Waals surface area contributed by atoms with Gasteiger partial charge in [-0.05, 0) is 55.6 Å². The SMILES string of the molecule is FC(F)(F)c1cccc(OCC2CCN(Cc3ccncc3)CC2)n1. The van der Waals surface area contributed by atoms with Gasteiger partial charge >= 0.3 is 6.18 Å². The zero-order valence-electron chi connectivity index (χ0n) is 13.7. The second-order valence-electron chi connectivity index (χ2n) is 6.24. The van der Waals surface area contributed by atoms with E-state index in [0.717, 1.165) is 38.5 Å². The first-order valence-corrected chi connectivity index (χ1v) is 8.29. The first-order chi connectivity index (χ1) is 12.0. The molecule has 1 aliphatic rings. The predicted octanol–water partition coefficient (Wildman–Crippen LogP) is 3.79. The smallest absolute Gasteiger partial charge is 0.433 e. The highest BCUT2D eigenvalue weighted by molar-refractivity contribution is 5.17. The maximum atomic E-state index is 12.7. The highest BCUT2D eigenvalue weighted by atomic mass is 19.4. The van der Waals surface area contributed by atoms with Gasteiger partial charge < -0.3 is 4.74 Å². The molecule has 0 atom stereocenters. The molecule has 25 heavy (non-hydrogen) atoms. The molecule has 0 unspecified atom stereocenters. The van der Waals surface area contributed by atoms with E-state index in [1.165, 1.54) is 17.7 Å². The molecule has 0 amide bonds. The van der Waals surface area contributed by atoms with Crippen molar-refractivity contribution in [2.45, 2.75) is 25.6 Å². The molecular formula is C18H20F3N3O. The highest BCUT2D eigenvalue weighted by Gasteiger charge is 2.32. The number of likely N-dealkylation sites (tertiary alicyclic amines) is 1. The van der Waals surface area contributed by atoms with Gasteiger partial charge in [-0.25, -0.2) is 4.98 Å². The van der Waals surface area contributed by atoms with Gasteiger partial charge in [0.1, 0.15) is 5.69 Å². The summed E-state index contributed by atoms with van der Waals surface area (Å²) in [5.41, 5.74) is 0.315. The van der Waals surface area contributed by atoms with E-state index < -0.39 is 11.9 Å². The zero-order chi connectivity index (χ0) is 17.7. The molecule has 0 spiro atoms. The lowest BCUT2D eigenvalue weighted by Crippen LogP contribution is -2.35. The Hall–Kier alpha value is -2.15. The Morgan fingerprint density at radius 1 is 1.08 bits per heavy atom. The van der Waals surface area contributed by atoms with Crippen LogP contribution >= 0.6 is 0 Å². The van der Waals surface area contributed by atoms with E-state index in [0.29, 0.717) is 12.5 Å². The van der Waals surface area contributed by atoms with E-state index in [2.05, 4.69) is 14.9 Å². The summed E-state index contributed by atoms with van der Waals surface area (Å²) in [6.07, 6.45) is 1.06. The van der Waals surface area contributed by atoms with Crippen molar-refractivity contribution in [3.05, 3.63) is 54.0 Å². The monoisotopic (exact) mass is 351 g/mol. The minimum absolute atomic E-state index is 0.0361. The average molecular weight is 351 g/mol. The van der Waals surface area contributed by atoms with E-state index in [1.54, 1.807) is 12.4 Å². The number of alkyl halides is 3. The van der Waals surface area contributed by atoms with Crippen molar-refractivity contribution >= 4 is 0 Å². The number of ether oxygens (including phenoxy) is 1. The molecule has 0 bridgehead atoms. The molecule has 0 radical (unpaired) electrons. The van der Waals surface area contributed by atoms with E-state index in [1.807, 2.05) is 12.1 Å². The van der Waals surface area contributed by atoms with Crippen LogP contribution in [0.5, 0.6) is 5.88 Å². The Kier molecular flexibility index (Phi) is 5.53. The number of halogens is 3. The predicted molar refractivity (Wildman–Crippen MR) is 87.0 cm³/mol. The van der Waals surface area contributed by atoms with E-state index in [9.17, 15) is 13.2 Å². The van der Waals surface area contributed by atoms with Gasteiger partial charge in [0, 0.05) is 25.0 Å². The van der Waals surface area contributed by atoms with Crippen LogP contribution in [-0.2, 0) is 12.7 Å². The van der Waals surface area contributed by atoms with E-state index in [4.69, 9.17) is 4.74 Å². The van der Waals surface area contributed by atoms with Gasteiger partial charge in [-0.15, -0.1) is 0 Å². The summed E-state index contributed by atoms with van der Waals surface area (Å²) in [5.74, 6) is 0.374. The number of piperidine rings is 1. The standard InChI is InChI=1S/C18H20F3N3O/c19-18(20,21)16-2-1-3-17(23-16)25-13-15-6-10-24(11-7-15)12-14-4-8-22-9-5-14/h1-5,8-9,15H,6-7,10-13H2. The molecule has 134 valence electrons. The molecule has 0 aliphatic carbocycles. The van der Waals surface area contributed by atoms with Crippen molar-refractivity contribution < 1.29 is 17.9 Å². The highest BCUT2D eigenvalue weighted by Crippen LogP contribution is 2.29. The van der Waals surface area contributed by atoms with Gasteiger partial charge in [-0.2, -0.15) is 13.2 Å². The average Bonchev–Trinajstić information content (AvgIpc) is 2.62. The van der Waals surface area contributed by atoms with Crippen molar-refractivity contribution in [3.8, 4) is 5.88 Å². The Morgan fingerprint density at radius 3 is 2.48 bits per heavy atom. The quantitative estimate of drug-likeness (QED) is 0.822. The summed E-state index contributed by atoms with van der Waals surface area (Å²) >= 11 is 0. The van der Waals surface area contributed by atoms with Crippen LogP contribution in [0.1, 0.15) is 24.1 Å². The molecule has 1 saturated heterocycles. The fourth-order valence-corrected chi connectivity index (χ4v) is 2.91. The van der Waals surface area contributed by atoms with Gasteiger partial charge in [-0.1, -0.05) is 6.07 Å². The lowest BCUT2D eigenvalue weighted by Gasteiger charge is -2.31. The number of pyridine rings is 2. The topological polar surface area (TPSA) is 38.2 Å². The van der Waals surface area contributed by atoms with Crippen LogP contribution in [0.3, 0.4) is 0 Å². The largest absolute Gasteiger partial charge is 0.477 e. The Bertz CT molecular complexity index is 671. The Balaban J connectivity index is 1.45. The molecule has 3 rings (SSSR count). The molecule has 0 N–H and O–H groups in total. The molecule has 3 heterocycles. The van der Waals surface area contributed by atoms with Crippen molar-refractivity contribution in [2.75, 3.05) is 19.7 Å². The van der Waals surface area contributed by atoms with Crippen LogP contribution in [0.15, 0.2) is 42.7 Å². The first kappa shape index (κ1) is 17.7. The van der Waals surface area contributed by atoms with Gasteiger partial charge in [-0.3, -0.25) is 9.88 Å². The van der Waals surface area contributed by atoms with Crippen molar-refractivity contribution in [2.24, 2.45) is 5.92 Å². The van der Waals surface area contributed by atoms with Crippen LogP contribution in [0, 0.1) is 5.92 Å². The third kappa shape index (κ3) is 5.16. The second kappa shape index (κ2) is 7.82. The molecule has 0 saturated carbocycles. The van der Waals surface area contributed by atoms with Crippen molar-refractivity contribution in [1.82, 2.24) is 14.9 Å². The van der Waals surface area contributed by atoms with Gasteiger partial charge in [0.15, 0.2) is 0 Å². The maximum Gasteiger partial charge on any atom is 0.433 e. The summed E-state index contributed by atoms with van der Waals surface area (Å²) in [5, 5.41) is 0. The van der Waals surface area contributed by atoms with Crippen LogP contribution in [0.4, 0.5) is 13.2 Å². The second-order valence-corrected chi connectivity index (χ2v) is 6.24. The van der Waals surface area contributed by atoms with Crippen LogP contribution < -0.4 is 4.74 Å². The third-order valence-electron chi connectivity index (χ3n) is 4.34. The molecule has 7 heteroatoms. The first-order valence-electron chi connectivity index (χ1n) is 8.29. The summed E-state index contributed by atoms with van der Waals surface area (Å²) in [6.45, 7) is 3.20. The Morgan fingerprint density at radius 2 is 1.80 bits per heavy atom. The van der Waals surface area contributed by atoms with Crippen LogP contribution in [0.2, 0.25) is 0 Å². The van der Waals surface area contributed by atoms with Crippen LogP contribution in [0.25, 0.3) is 0 Å². The number of hydrogen-bond donors (Lipinski definition) is 0. The van der Waals surface area contributed by atoms with Crippen molar-refractivity contribution in [3.63, 3.8) is 0 Å². The van der Waals surface area contributed by atoms with Gasteiger partial charge in [0.25, 0.3) is 0 Å². The number of nitrogens with zero attached hydrogens (tertiary/aromatic N) is 3. The number of aromatic nitrogens is 2. The molecular weight excluding hydrogens is 331 g/mol. The maximum absolute atomic E-state index is 12.7.